The number of rotatable bonds is 2. The van der Waals surface area contributed by atoms with Gasteiger partial charge in [0.25, 0.3) is 0 Å². The van der Waals surface area contributed by atoms with Gasteiger partial charge in [0.15, 0.2) is 0 Å². The van der Waals surface area contributed by atoms with Gasteiger partial charge in [-0.05, 0) is 83.6 Å². The van der Waals surface area contributed by atoms with E-state index in [2.05, 4.69) is 22.1 Å². The minimum Gasteiger partial charge on any atom is -0.625 e. The van der Waals surface area contributed by atoms with Crippen molar-refractivity contribution in [1.82, 2.24) is 4.98 Å². The zero-order valence-corrected chi connectivity index (χ0v) is 19.6. The molecule has 0 saturated heterocycles. The Morgan fingerprint density at radius 1 is 0.935 bits per heavy atom. The Labute approximate surface area is 208 Å². The molecular formula is C26H23CuFeN2O. The van der Waals surface area contributed by atoms with Crippen molar-refractivity contribution in [2.45, 2.75) is 20.8 Å². The molecule has 1 heterocycles. The van der Waals surface area contributed by atoms with Crippen LogP contribution in [0.5, 0.6) is 0 Å². The summed E-state index contributed by atoms with van der Waals surface area (Å²) in [4.78, 5) is 16.9. The molecule has 3 nitrogen and oxygen atoms in total. The Morgan fingerprint density at radius 2 is 1.58 bits per heavy atom. The van der Waals surface area contributed by atoms with Gasteiger partial charge in [0, 0.05) is 34.6 Å². The molecule has 5 heteroatoms. The molecule has 0 N–H and O–H groups in total. The third kappa shape index (κ3) is 8.63. The number of hydrogen-bond donors (Lipinski definition) is 0. The van der Waals surface area contributed by atoms with Crippen LogP contribution in [-0.4, -0.2) is 10.9 Å². The Balaban J connectivity index is 0.000000606. The van der Waals surface area contributed by atoms with Gasteiger partial charge in [0.05, 0.1) is 17.3 Å². The SMILES string of the molecule is CC(C)(C)C#C[C]1[CH][CH][CH][C]1C(=O)[N-]c1cccc2cccnc12.[CH]1[CH][CH][CH][CH]1.[Cu+].[Fe]. The van der Waals surface area contributed by atoms with Gasteiger partial charge in [0.1, 0.15) is 0 Å². The molecule has 1 amide bonds. The van der Waals surface area contributed by atoms with Crippen LogP contribution in [0.4, 0.5) is 5.69 Å². The molecule has 4 rings (SSSR count). The zero-order valence-electron chi connectivity index (χ0n) is 17.5. The van der Waals surface area contributed by atoms with E-state index in [-0.39, 0.29) is 45.5 Å². The van der Waals surface area contributed by atoms with Gasteiger partial charge in [-0.15, -0.1) is 5.69 Å². The monoisotopic (exact) mass is 498 g/mol. The second-order valence-electron chi connectivity index (χ2n) is 7.58. The number of para-hydroxylation sites is 1. The first-order valence-corrected chi connectivity index (χ1v) is 9.49. The summed E-state index contributed by atoms with van der Waals surface area (Å²) in [6, 6.07) is 9.45. The van der Waals surface area contributed by atoms with E-state index in [9.17, 15) is 4.79 Å². The molecule has 2 aliphatic carbocycles. The first kappa shape index (κ1) is 27.7. The molecule has 31 heavy (non-hydrogen) atoms. The molecule has 2 fully saturated rings. The number of carbonyl (C=O) groups excluding carboxylic acids is 1. The normalized spacial score (nSPS) is 16.2. The molecule has 2 aromatic rings. The fraction of sp³-hybridized carbons (Fsp3) is 0.154. The van der Waals surface area contributed by atoms with Crippen LogP contribution in [0.15, 0.2) is 36.5 Å². The summed E-state index contributed by atoms with van der Waals surface area (Å²) in [5, 5.41) is 5.23. The summed E-state index contributed by atoms with van der Waals surface area (Å²) in [6.45, 7) is 6.11. The minimum absolute atomic E-state index is 0. The van der Waals surface area contributed by atoms with E-state index in [1.165, 1.54) is 0 Å². The van der Waals surface area contributed by atoms with Gasteiger partial charge < -0.3 is 10.1 Å². The molecule has 0 atom stereocenters. The van der Waals surface area contributed by atoms with Gasteiger partial charge in [-0.3, -0.25) is 4.98 Å². The van der Waals surface area contributed by atoms with Crippen LogP contribution >= 0.6 is 0 Å². The quantitative estimate of drug-likeness (QED) is 0.399. The molecule has 162 valence electrons. The summed E-state index contributed by atoms with van der Waals surface area (Å²) in [7, 11) is 0. The minimum atomic E-state index is -0.295. The first-order valence-electron chi connectivity index (χ1n) is 9.49. The van der Waals surface area contributed by atoms with E-state index in [0.29, 0.717) is 17.5 Å². The van der Waals surface area contributed by atoms with Crippen molar-refractivity contribution >= 4 is 22.5 Å². The Morgan fingerprint density at radius 3 is 2.23 bits per heavy atom. The molecule has 1 aromatic heterocycles. The van der Waals surface area contributed by atoms with Crippen LogP contribution in [0.3, 0.4) is 0 Å². The van der Waals surface area contributed by atoms with Crippen LogP contribution < -0.4 is 0 Å². The molecular weight excluding hydrogens is 476 g/mol. The molecule has 0 spiro atoms. The summed E-state index contributed by atoms with van der Waals surface area (Å²) >= 11 is 0. The average Bonchev–Trinajstić information content (AvgIpc) is 3.41. The number of hydrogen-bond acceptors (Lipinski definition) is 2. The van der Waals surface area contributed by atoms with Crippen LogP contribution in [0, 0.1) is 80.5 Å². The Kier molecular flexibility index (Phi) is 11.9. The molecule has 1 aromatic carbocycles. The van der Waals surface area contributed by atoms with Crippen LogP contribution in [-0.2, 0) is 38.9 Å². The Hall–Kier alpha value is -1.30. The van der Waals surface area contributed by atoms with Crippen molar-refractivity contribution in [3.05, 3.63) is 105 Å². The van der Waals surface area contributed by atoms with Crippen molar-refractivity contribution < 1.29 is 38.9 Å². The number of aromatic nitrogens is 1. The van der Waals surface area contributed by atoms with Gasteiger partial charge in [-0.25, -0.2) is 0 Å². The number of pyridine rings is 1. The van der Waals surface area contributed by atoms with Crippen molar-refractivity contribution in [3.63, 3.8) is 0 Å². The molecule has 10 radical (unpaired) electrons. The number of nitrogens with zero attached hydrogens (tertiary/aromatic N) is 2. The number of fused-ring (bicyclic) bond motifs is 1. The fourth-order valence-corrected chi connectivity index (χ4v) is 2.64. The molecule has 0 aliphatic heterocycles. The summed E-state index contributed by atoms with van der Waals surface area (Å²) in [5.74, 6) is 7.19. The van der Waals surface area contributed by atoms with E-state index >= 15 is 0 Å². The molecule has 2 saturated carbocycles. The van der Waals surface area contributed by atoms with Crippen molar-refractivity contribution in [1.29, 1.82) is 0 Å². The third-order valence-electron chi connectivity index (χ3n) is 4.01. The average molecular weight is 499 g/mol. The van der Waals surface area contributed by atoms with Crippen LogP contribution in [0.2, 0.25) is 0 Å². The van der Waals surface area contributed by atoms with Crippen molar-refractivity contribution in [2.75, 3.05) is 0 Å². The van der Waals surface area contributed by atoms with E-state index in [1.54, 1.807) is 18.7 Å². The Bertz CT molecular complexity index is 881. The summed E-state index contributed by atoms with van der Waals surface area (Å²) in [6.07, 6.45) is 17.1. The maximum atomic E-state index is 12.6. The van der Waals surface area contributed by atoms with E-state index in [4.69, 9.17) is 0 Å². The predicted molar refractivity (Wildman–Crippen MR) is 118 cm³/mol. The topological polar surface area (TPSA) is 44.1 Å². The van der Waals surface area contributed by atoms with Crippen molar-refractivity contribution in [3.8, 4) is 11.8 Å². The maximum Gasteiger partial charge on any atom is 1.00 e. The summed E-state index contributed by atoms with van der Waals surface area (Å²) in [5.41, 5.74) is 1.19. The second-order valence-corrected chi connectivity index (χ2v) is 7.58. The van der Waals surface area contributed by atoms with Crippen LogP contribution in [0.1, 0.15) is 20.8 Å². The van der Waals surface area contributed by atoms with Gasteiger partial charge in [-0.2, -0.15) is 0 Å². The molecule has 0 unspecified atom stereocenters. The fourth-order valence-electron chi connectivity index (χ4n) is 2.64. The number of benzene rings is 1. The maximum absolute atomic E-state index is 12.6. The second kappa shape index (κ2) is 13.3. The first-order chi connectivity index (χ1) is 13.9. The standard InChI is InChI=1S/C21H19N2O.C5H5.Cu.Fe/c1-21(2,3)13-12-15-7-4-10-17(15)20(24)23-18-11-5-8-16-9-6-14-22-19(16)18;1-2-4-5-3-1;;/h4-11,14H,1-3H3,(H,23,24);1-5H;;/q;;+1;/p-1. The van der Waals surface area contributed by atoms with E-state index < -0.39 is 0 Å². The van der Waals surface area contributed by atoms with Gasteiger partial charge in [0.2, 0.25) is 0 Å². The largest absolute Gasteiger partial charge is 1.00 e. The van der Waals surface area contributed by atoms with E-state index in [0.717, 1.165) is 10.9 Å². The summed E-state index contributed by atoms with van der Waals surface area (Å²) < 4.78 is 0. The predicted octanol–water partition coefficient (Wildman–Crippen LogP) is 5.61. The van der Waals surface area contributed by atoms with Crippen molar-refractivity contribution in [2.24, 2.45) is 5.41 Å². The molecule has 2 aliphatic rings. The number of carbonyl (C=O) groups is 1. The van der Waals surface area contributed by atoms with Gasteiger partial charge in [-0.1, -0.05) is 36.1 Å². The third-order valence-corrected chi connectivity index (χ3v) is 4.01. The molecule has 0 bridgehead atoms. The van der Waals surface area contributed by atoms with E-state index in [1.807, 2.05) is 90.0 Å². The number of amides is 1. The smallest absolute Gasteiger partial charge is 0.625 e. The zero-order chi connectivity index (χ0) is 20.7. The van der Waals surface area contributed by atoms with Crippen LogP contribution in [0.25, 0.3) is 16.2 Å². The van der Waals surface area contributed by atoms with Gasteiger partial charge >= 0.3 is 17.1 Å².